The van der Waals surface area contributed by atoms with Crippen LogP contribution in [0.15, 0.2) is 21.6 Å². The molecule has 0 saturated carbocycles. The third-order valence-electron chi connectivity index (χ3n) is 2.64. The third kappa shape index (κ3) is 4.44. The quantitative estimate of drug-likeness (QED) is 0.794. The van der Waals surface area contributed by atoms with Gasteiger partial charge in [-0.1, -0.05) is 13.8 Å². The van der Waals surface area contributed by atoms with Crippen LogP contribution in [0, 0.1) is 5.92 Å². The maximum Gasteiger partial charge on any atom is 0.274 e. The van der Waals surface area contributed by atoms with E-state index >= 15 is 0 Å². The molecule has 1 rings (SSSR count). The van der Waals surface area contributed by atoms with E-state index in [0.29, 0.717) is 11.7 Å². The number of nitrogens with two attached hydrogens (primary N) is 1. The smallest absolute Gasteiger partial charge is 0.274 e. The lowest BCUT2D eigenvalue weighted by Gasteiger charge is -2.14. The summed E-state index contributed by atoms with van der Waals surface area (Å²) in [5.41, 5.74) is 5.38. The molecular weight excluding hydrogens is 252 g/mol. The maximum absolute atomic E-state index is 12.0. The van der Waals surface area contributed by atoms with Crippen molar-refractivity contribution in [3.8, 4) is 0 Å². The molecular formula is C12H22N2O3S. The highest BCUT2D eigenvalue weighted by Gasteiger charge is 2.21. The van der Waals surface area contributed by atoms with Crippen molar-refractivity contribution < 1.29 is 12.8 Å². The number of hydrogen-bond acceptors (Lipinski definition) is 4. The van der Waals surface area contributed by atoms with Gasteiger partial charge < -0.3 is 10.2 Å². The number of rotatable bonds is 7. The second kappa shape index (κ2) is 6.36. The maximum atomic E-state index is 12.0. The van der Waals surface area contributed by atoms with E-state index < -0.39 is 10.0 Å². The van der Waals surface area contributed by atoms with Crippen LogP contribution in [-0.2, 0) is 16.6 Å². The van der Waals surface area contributed by atoms with Crippen molar-refractivity contribution in [2.75, 3.05) is 0 Å². The van der Waals surface area contributed by atoms with Crippen LogP contribution in [-0.4, -0.2) is 14.5 Å². The molecule has 0 aliphatic heterocycles. The van der Waals surface area contributed by atoms with E-state index in [0.717, 1.165) is 12.8 Å². The van der Waals surface area contributed by atoms with Crippen LogP contribution in [0.3, 0.4) is 0 Å². The molecule has 1 unspecified atom stereocenters. The summed E-state index contributed by atoms with van der Waals surface area (Å²) in [6.07, 6.45) is 1.79. The lowest BCUT2D eigenvalue weighted by atomic mass is 10.1. The summed E-state index contributed by atoms with van der Waals surface area (Å²) < 4.78 is 31.7. The van der Waals surface area contributed by atoms with E-state index in [1.54, 1.807) is 6.07 Å². The van der Waals surface area contributed by atoms with E-state index in [1.807, 2.05) is 6.92 Å². The zero-order valence-electron chi connectivity index (χ0n) is 11.1. The van der Waals surface area contributed by atoms with Gasteiger partial charge in [0.05, 0.1) is 6.54 Å². The molecule has 0 bridgehead atoms. The van der Waals surface area contributed by atoms with Gasteiger partial charge in [0.1, 0.15) is 5.76 Å². The van der Waals surface area contributed by atoms with E-state index in [2.05, 4.69) is 18.6 Å². The van der Waals surface area contributed by atoms with Crippen LogP contribution < -0.4 is 10.5 Å². The monoisotopic (exact) mass is 274 g/mol. The first-order chi connectivity index (χ1) is 8.35. The van der Waals surface area contributed by atoms with Gasteiger partial charge in [-0.05, 0) is 37.8 Å². The number of sulfonamides is 1. The Balaban J connectivity index is 2.64. The highest BCUT2D eigenvalue weighted by Crippen LogP contribution is 2.15. The van der Waals surface area contributed by atoms with Crippen LogP contribution in [0.25, 0.3) is 0 Å². The van der Waals surface area contributed by atoms with Crippen LogP contribution in [0.1, 0.15) is 39.4 Å². The molecule has 3 N–H and O–H groups in total. The fraction of sp³-hybridized carbons (Fsp3) is 0.667. The minimum absolute atomic E-state index is 0.0700. The van der Waals surface area contributed by atoms with Gasteiger partial charge in [-0.15, -0.1) is 0 Å². The van der Waals surface area contributed by atoms with Crippen molar-refractivity contribution in [3.05, 3.63) is 17.9 Å². The van der Waals surface area contributed by atoms with Crippen LogP contribution in [0.4, 0.5) is 0 Å². The zero-order chi connectivity index (χ0) is 13.8. The summed E-state index contributed by atoms with van der Waals surface area (Å²) >= 11 is 0. The summed E-state index contributed by atoms with van der Waals surface area (Å²) in [6.45, 7) is 6.27. The molecule has 0 fully saturated rings. The molecule has 1 atom stereocenters. The van der Waals surface area contributed by atoms with E-state index in [4.69, 9.17) is 10.2 Å². The van der Waals surface area contributed by atoms with E-state index in [-0.39, 0.29) is 17.7 Å². The van der Waals surface area contributed by atoms with Gasteiger partial charge in [-0.2, -0.15) is 0 Å². The normalized spacial score (nSPS) is 14.1. The first-order valence-electron chi connectivity index (χ1n) is 6.16. The molecule has 5 nitrogen and oxygen atoms in total. The average Bonchev–Trinajstić information content (AvgIpc) is 2.75. The van der Waals surface area contributed by atoms with Gasteiger partial charge in [0.25, 0.3) is 10.0 Å². The molecule has 0 aliphatic carbocycles. The lowest BCUT2D eigenvalue weighted by Crippen LogP contribution is -2.32. The number of furan rings is 1. The number of nitrogens with one attached hydrogen (secondary N) is 1. The topological polar surface area (TPSA) is 85.3 Å². The molecule has 0 radical (unpaired) electrons. The highest BCUT2D eigenvalue weighted by atomic mass is 32.2. The minimum Gasteiger partial charge on any atom is -0.447 e. The van der Waals surface area contributed by atoms with E-state index in [9.17, 15) is 8.42 Å². The standard InChI is InChI=1S/C12H22N2O3S/c1-9(2)4-5-10(3)14-18(15,16)12-7-6-11(8-13)17-12/h6-7,9-10,14H,4-5,8,13H2,1-3H3. The first-order valence-corrected chi connectivity index (χ1v) is 7.64. The fourth-order valence-electron chi connectivity index (χ4n) is 1.58. The molecule has 1 aromatic rings. The summed E-state index contributed by atoms with van der Waals surface area (Å²) in [5.74, 6) is 1.02. The first kappa shape index (κ1) is 15.2. The molecule has 0 aliphatic rings. The minimum atomic E-state index is -3.57. The van der Waals surface area contributed by atoms with Crippen LogP contribution in [0.2, 0.25) is 0 Å². The third-order valence-corrected chi connectivity index (χ3v) is 4.10. The van der Waals surface area contributed by atoms with E-state index in [1.165, 1.54) is 6.07 Å². The molecule has 0 saturated heterocycles. The lowest BCUT2D eigenvalue weighted by molar-refractivity contribution is 0.407. The Kier molecular flexibility index (Phi) is 5.37. The summed E-state index contributed by atoms with van der Waals surface area (Å²) in [7, 11) is -3.57. The molecule has 0 spiro atoms. The Bertz CT molecular complexity index is 465. The Morgan fingerprint density at radius 1 is 1.28 bits per heavy atom. The van der Waals surface area contributed by atoms with Gasteiger partial charge in [-0.25, -0.2) is 13.1 Å². The molecule has 104 valence electrons. The Labute approximate surface area is 109 Å². The van der Waals surface area contributed by atoms with Crippen LogP contribution >= 0.6 is 0 Å². The largest absolute Gasteiger partial charge is 0.447 e. The van der Waals surface area contributed by atoms with Crippen molar-refractivity contribution in [2.24, 2.45) is 11.7 Å². The molecule has 0 aromatic carbocycles. The summed E-state index contributed by atoms with van der Waals surface area (Å²) in [4.78, 5) is 0. The molecule has 1 heterocycles. The zero-order valence-corrected chi connectivity index (χ0v) is 12.0. The fourth-order valence-corrected chi connectivity index (χ4v) is 2.81. The predicted molar refractivity (Wildman–Crippen MR) is 70.5 cm³/mol. The molecule has 18 heavy (non-hydrogen) atoms. The molecule has 1 aromatic heterocycles. The van der Waals surface area contributed by atoms with Crippen molar-refractivity contribution in [1.82, 2.24) is 4.72 Å². The Morgan fingerprint density at radius 3 is 2.44 bits per heavy atom. The molecule has 6 heteroatoms. The summed E-state index contributed by atoms with van der Waals surface area (Å²) in [5, 5.41) is -0.0700. The molecule has 0 amide bonds. The summed E-state index contributed by atoms with van der Waals surface area (Å²) in [6, 6.07) is 2.90. The van der Waals surface area contributed by atoms with Crippen molar-refractivity contribution in [3.63, 3.8) is 0 Å². The van der Waals surface area contributed by atoms with Gasteiger partial charge in [0.2, 0.25) is 5.09 Å². The highest BCUT2D eigenvalue weighted by molar-refractivity contribution is 7.89. The Morgan fingerprint density at radius 2 is 1.94 bits per heavy atom. The SMILES string of the molecule is CC(C)CCC(C)NS(=O)(=O)c1ccc(CN)o1. The van der Waals surface area contributed by atoms with Crippen molar-refractivity contribution >= 4 is 10.0 Å². The van der Waals surface area contributed by atoms with Crippen molar-refractivity contribution in [2.45, 2.75) is 51.3 Å². The van der Waals surface area contributed by atoms with Gasteiger partial charge >= 0.3 is 0 Å². The van der Waals surface area contributed by atoms with Crippen LogP contribution in [0.5, 0.6) is 0 Å². The second-order valence-corrected chi connectivity index (χ2v) is 6.56. The van der Waals surface area contributed by atoms with Crippen molar-refractivity contribution in [1.29, 1.82) is 0 Å². The Hall–Kier alpha value is -0.850. The number of hydrogen-bond donors (Lipinski definition) is 2. The second-order valence-electron chi connectivity index (χ2n) is 4.92. The predicted octanol–water partition coefficient (Wildman–Crippen LogP) is 1.84. The van der Waals surface area contributed by atoms with Gasteiger partial charge in [0.15, 0.2) is 0 Å². The average molecular weight is 274 g/mol. The van der Waals surface area contributed by atoms with Gasteiger partial charge in [0, 0.05) is 6.04 Å². The van der Waals surface area contributed by atoms with Gasteiger partial charge in [-0.3, -0.25) is 0 Å².